The Morgan fingerprint density at radius 1 is 1.35 bits per heavy atom. The monoisotopic (exact) mass is 360 g/mol. The lowest BCUT2D eigenvalue weighted by molar-refractivity contribution is 0.159. The predicted octanol–water partition coefficient (Wildman–Crippen LogP) is 3.12. The van der Waals surface area contributed by atoms with E-state index in [0.717, 1.165) is 36.3 Å². The molecule has 146 valence electrons. The molecule has 26 heavy (non-hydrogen) atoms. The fourth-order valence-electron chi connectivity index (χ4n) is 3.52. The van der Waals surface area contributed by atoms with Crippen LogP contribution in [0.15, 0.2) is 29.3 Å². The molecule has 1 atom stereocenters. The van der Waals surface area contributed by atoms with Crippen molar-refractivity contribution in [2.45, 2.75) is 40.2 Å². The molecule has 1 saturated heterocycles. The molecular weight excluding hydrogens is 324 g/mol. The van der Waals surface area contributed by atoms with Crippen molar-refractivity contribution in [3.8, 4) is 5.75 Å². The average molecular weight is 361 g/mol. The number of methoxy groups -OCH3 is 1. The molecule has 1 aliphatic heterocycles. The summed E-state index contributed by atoms with van der Waals surface area (Å²) in [7, 11) is 1.70. The van der Waals surface area contributed by atoms with E-state index in [2.05, 4.69) is 42.4 Å². The Hall–Kier alpha value is -1.75. The molecule has 1 heterocycles. The molecule has 2 N–H and O–H groups in total. The van der Waals surface area contributed by atoms with Crippen molar-refractivity contribution in [1.29, 1.82) is 0 Å². The summed E-state index contributed by atoms with van der Waals surface area (Å²) >= 11 is 0. The van der Waals surface area contributed by atoms with Crippen LogP contribution in [0.4, 0.5) is 0 Å². The summed E-state index contributed by atoms with van der Waals surface area (Å²) in [6, 6.07) is 8.09. The standard InChI is InChI=1S/C21H36N4O/c1-5-22-21(23-13-18-8-6-10-20(12-18)26-4)24-14-19-9-7-11-25(16-19)15-17(2)3/h6,8,10,12,17,19H,5,7,9,11,13-16H2,1-4H3,(H2,22,23,24). The Kier molecular flexibility index (Phi) is 8.75. The van der Waals surface area contributed by atoms with Crippen molar-refractivity contribution in [3.05, 3.63) is 29.8 Å². The first-order valence-electron chi connectivity index (χ1n) is 9.98. The van der Waals surface area contributed by atoms with Crippen molar-refractivity contribution >= 4 is 5.96 Å². The number of guanidine groups is 1. The highest BCUT2D eigenvalue weighted by Gasteiger charge is 2.20. The van der Waals surface area contributed by atoms with Gasteiger partial charge in [-0.2, -0.15) is 0 Å². The maximum Gasteiger partial charge on any atom is 0.191 e. The van der Waals surface area contributed by atoms with E-state index in [0.29, 0.717) is 12.5 Å². The van der Waals surface area contributed by atoms with Crippen molar-refractivity contribution in [1.82, 2.24) is 15.5 Å². The lowest BCUT2D eigenvalue weighted by Crippen LogP contribution is -2.45. The zero-order valence-corrected chi connectivity index (χ0v) is 16.9. The number of rotatable bonds is 8. The van der Waals surface area contributed by atoms with Gasteiger partial charge in [0, 0.05) is 26.2 Å². The Balaban J connectivity index is 1.86. The van der Waals surface area contributed by atoms with E-state index in [1.807, 2.05) is 18.2 Å². The lowest BCUT2D eigenvalue weighted by Gasteiger charge is -2.34. The van der Waals surface area contributed by atoms with Crippen molar-refractivity contribution in [3.63, 3.8) is 0 Å². The Morgan fingerprint density at radius 2 is 2.19 bits per heavy atom. The average Bonchev–Trinajstić information content (AvgIpc) is 2.64. The Morgan fingerprint density at radius 3 is 2.92 bits per heavy atom. The summed E-state index contributed by atoms with van der Waals surface area (Å²) < 4.78 is 5.29. The third-order valence-electron chi connectivity index (χ3n) is 4.68. The maximum atomic E-state index is 5.29. The highest BCUT2D eigenvalue weighted by molar-refractivity contribution is 5.79. The third-order valence-corrected chi connectivity index (χ3v) is 4.68. The molecule has 1 aromatic rings. The second-order valence-corrected chi connectivity index (χ2v) is 7.59. The van der Waals surface area contributed by atoms with E-state index in [1.54, 1.807) is 7.11 Å². The molecule has 1 aliphatic rings. The van der Waals surface area contributed by atoms with Gasteiger partial charge < -0.3 is 20.3 Å². The molecule has 5 heteroatoms. The van der Waals surface area contributed by atoms with E-state index in [9.17, 15) is 0 Å². The highest BCUT2D eigenvalue weighted by atomic mass is 16.5. The molecule has 1 fully saturated rings. The Bertz CT molecular complexity index is 559. The molecule has 0 spiro atoms. The first-order chi connectivity index (χ1) is 12.6. The molecule has 0 bridgehead atoms. The Labute approximate surface area is 159 Å². The lowest BCUT2D eigenvalue weighted by atomic mass is 9.97. The number of ether oxygens (including phenoxy) is 1. The smallest absolute Gasteiger partial charge is 0.191 e. The van der Waals surface area contributed by atoms with Gasteiger partial charge in [0.1, 0.15) is 5.75 Å². The number of piperidine rings is 1. The minimum absolute atomic E-state index is 0.649. The second-order valence-electron chi connectivity index (χ2n) is 7.59. The van der Waals surface area contributed by atoms with E-state index in [4.69, 9.17) is 9.73 Å². The van der Waals surface area contributed by atoms with Crippen LogP contribution in [-0.4, -0.2) is 50.7 Å². The zero-order chi connectivity index (χ0) is 18.8. The van der Waals surface area contributed by atoms with Crippen LogP contribution in [0, 0.1) is 11.8 Å². The molecular formula is C21H36N4O. The van der Waals surface area contributed by atoms with Crippen LogP contribution in [0.1, 0.15) is 39.2 Å². The van der Waals surface area contributed by atoms with E-state index < -0.39 is 0 Å². The van der Waals surface area contributed by atoms with Gasteiger partial charge in [0.15, 0.2) is 5.96 Å². The first-order valence-corrected chi connectivity index (χ1v) is 9.98. The van der Waals surface area contributed by atoms with Crippen LogP contribution in [0.5, 0.6) is 5.75 Å². The van der Waals surface area contributed by atoms with Gasteiger partial charge in [-0.3, -0.25) is 0 Å². The topological polar surface area (TPSA) is 48.9 Å². The summed E-state index contributed by atoms with van der Waals surface area (Å²) in [6.07, 6.45) is 2.60. The summed E-state index contributed by atoms with van der Waals surface area (Å²) in [4.78, 5) is 7.35. The largest absolute Gasteiger partial charge is 0.497 e. The van der Waals surface area contributed by atoms with E-state index in [-0.39, 0.29) is 0 Å². The first kappa shape index (κ1) is 20.6. The SMILES string of the molecule is CCNC(=NCc1cccc(OC)c1)NCC1CCCN(CC(C)C)C1. The van der Waals surface area contributed by atoms with Gasteiger partial charge in [-0.1, -0.05) is 26.0 Å². The minimum Gasteiger partial charge on any atom is -0.497 e. The normalized spacial score (nSPS) is 18.8. The van der Waals surface area contributed by atoms with Crippen LogP contribution >= 0.6 is 0 Å². The van der Waals surface area contributed by atoms with Crippen molar-refractivity contribution in [2.75, 3.05) is 39.8 Å². The van der Waals surface area contributed by atoms with Gasteiger partial charge in [-0.25, -0.2) is 4.99 Å². The molecule has 2 rings (SSSR count). The molecule has 1 unspecified atom stereocenters. The fraction of sp³-hybridized carbons (Fsp3) is 0.667. The quantitative estimate of drug-likeness (QED) is 0.552. The summed E-state index contributed by atoms with van der Waals surface area (Å²) in [5.74, 6) is 3.21. The van der Waals surface area contributed by atoms with Gasteiger partial charge in [-0.05, 0) is 55.8 Å². The van der Waals surface area contributed by atoms with Gasteiger partial charge >= 0.3 is 0 Å². The number of hydrogen-bond donors (Lipinski definition) is 2. The summed E-state index contributed by atoms with van der Waals surface area (Å²) in [5, 5.41) is 6.90. The van der Waals surface area contributed by atoms with Crippen LogP contribution in [0.3, 0.4) is 0 Å². The maximum absolute atomic E-state index is 5.29. The molecule has 0 saturated carbocycles. The van der Waals surface area contributed by atoms with Crippen LogP contribution in [0.25, 0.3) is 0 Å². The van der Waals surface area contributed by atoms with Crippen LogP contribution in [-0.2, 0) is 6.54 Å². The summed E-state index contributed by atoms with van der Waals surface area (Å²) in [6.45, 7) is 12.9. The highest BCUT2D eigenvalue weighted by Crippen LogP contribution is 2.17. The van der Waals surface area contributed by atoms with Crippen molar-refractivity contribution in [2.24, 2.45) is 16.8 Å². The zero-order valence-electron chi connectivity index (χ0n) is 16.9. The third kappa shape index (κ3) is 7.24. The molecule has 0 radical (unpaired) electrons. The number of likely N-dealkylation sites (tertiary alicyclic amines) is 1. The van der Waals surface area contributed by atoms with Crippen LogP contribution in [0.2, 0.25) is 0 Å². The molecule has 5 nitrogen and oxygen atoms in total. The van der Waals surface area contributed by atoms with Gasteiger partial charge in [0.2, 0.25) is 0 Å². The van der Waals surface area contributed by atoms with E-state index in [1.165, 1.54) is 32.5 Å². The van der Waals surface area contributed by atoms with Gasteiger partial charge in [0.05, 0.1) is 13.7 Å². The predicted molar refractivity (Wildman–Crippen MR) is 110 cm³/mol. The molecule has 1 aromatic carbocycles. The minimum atomic E-state index is 0.649. The number of aliphatic imine (C=N–C) groups is 1. The molecule has 0 aromatic heterocycles. The second kappa shape index (κ2) is 11.1. The number of nitrogens with zero attached hydrogens (tertiary/aromatic N) is 2. The number of hydrogen-bond acceptors (Lipinski definition) is 3. The van der Waals surface area contributed by atoms with E-state index >= 15 is 0 Å². The molecule has 0 amide bonds. The van der Waals surface area contributed by atoms with Crippen molar-refractivity contribution < 1.29 is 4.74 Å². The number of benzene rings is 1. The summed E-state index contributed by atoms with van der Waals surface area (Å²) in [5.41, 5.74) is 1.15. The van der Waals surface area contributed by atoms with Gasteiger partial charge in [0.25, 0.3) is 0 Å². The van der Waals surface area contributed by atoms with Gasteiger partial charge in [-0.15, -0.1) is 0 Å². The number of nitrogens with one attached hydrogen (secondary N) is 2. The molecule has 0 aliphatic carbocycles. The fourth-order valence-corrected chi connectivity index (χ4v) is 3.52. The van der Waals surface area contributed by atoms with Crippen LogP contribution < -0.4 is 15.4 Å².